The van der Waals surface area contributed by atoms with E-state index in [9.17, 15) is 24.5 Å². The second-order valence-corrected chi connectivity index (χ2v) is 11.4. The Balaban J connectivity index is 1.25. The van der Waals surface area contributed by atoms with Crippen molar-refractivity contribution >= 4 is 41.7 Å². The Morgan fingerprint density at radius 1 is 1.02 bits per heavy atom. The molecule has 0 saturated carbocycles. The molecule has 0 amide bonds. The van der Waals surface area contributed by atoms with Crippen molar-refractivity contribution in [3.8, 4) is 0 Å². The summed E-state index contributed by atoms with van der Waals surface area (Å²) >= 11 is 0. The van der Waals surface area contributed by atoms with Gasteiger partial charge in [-0.05, 0) is 0 Å². The molecule has 2 fully saturated rings. The number of hydrogen-bond donors (Lipinski definition) is 6. The molecule has 0 bridgehead atoms. The molecule has 2 saturated heterocycles. The first-order valence-electron chi connectivity index (χ1n) is 12.0. The van der Waals surface area contributed by atoms with Gasteiger partial charge in [0.2, 0.25) is 5.95 Å². The van der Waals surface area contributed by atoms with Crippen molar-refractivity contribution in [1.29, 1.82) is 0 Å². The molecule has 8 N–H and O–H groups in total. The van der Waals surface area contributed by atoms with Crippen molar-refractivity contribution in [2.24, 2.45) is 0 Å². The van der Waals surface area contributed by atoms with E-state index < -0.39 is 75.1 Å². The van der Waals surface area contributed by atoms with Crippen LogP contribution in [-0.4, -0.2) is 104 Å². The number of rotatable bonds is 7. The average molecular weight is 600 g/mol. The fraction of sp³-hybridized carbons (Fsp3) is 0.500. The Labute approximate surface area is 226 Å². The van der Waals surface area contributed by atoms with E-state index in [1.54, 1.807) is 0 Å². The minimum absolute atomic E-state index is 0.0441. The van der Waals surface area contributed by atoms with Gasteiger partial charge < -0.3 is 40.6 Å². The Kier molecular flexibility index (Phi) is 6.72. The highest BCUT2D eigenvalue weighted by atomic mass is 31.2. The third-order valence-corrected chi connectivity index (χ3v) is 8.75. The number of H-pyrrole nitrogens is 1. The zero-order valence-electron chi connectivity index (χ0n) is 20.6. The summed E-state index contributed by atoms with van der Waals surface area (Å²) < 4.78 is 62.4. The number of nitrogens with two attached hydrogens (primary N) is 2. The molecule has 0 radical (unpaired) electrons. The number of ether oxygens (including phenoxy) is 2. The van der Waals surface area contributed by atoms with Crippen LogP contribution in [-0.2, 0) is 18.6 Å². The minimum atomic E-state index is -5.06. The van der Waals surface area contributed by atoms with E-state index in [1.807, 2.05) is 0 Å². The SMILES string of the molecule is Nc1nc2c(ncn2[C@@H]2O[C@H](CO)[C@@H](F)[C@H]2P(=O)(O)OC[C@H]2O[C@@H](n3cnc4c(N)ncnc43)[C@H](O)[C@H]2F)c(=O)[nH]1. The van der Waals surface area contributed by atoms with Crippen LogP contribution in [0.4, 0.5) is 20.5 Å². The number of fused-ring (bicyclic) bond motifs is 2. The van der Waals surface area contributed by atoms with Crippen molar-refractivity contribution in [2.45, 2.75) is 48.8 Å². The van der Waals surface area contributed by atoms with Gasteiger partial charge in [0, 0.05) is 0 Å². The van der Waals surface area contributed by atoms with Gasteiger partial charge >= 0.3 is 7.60 Å². The van der Waals surface area contributed by atoms with E-state index in [2.05, 4.69) is 29.9 Å². The number of alkyl halides is 2. The number of aromatic nitrogens is 8. The molecule has 21 heteroatoms. The predicted octanol–water partition coefficient (Wildman–Crippen LogP) is -1.48. The maximum Gasteiger partial charge on any atom is 0.338 e. The van der Waals surface area contributed by atoms with Crippen molar-refractivity contribution in [3.63, 3.8) is 0 Å². The normalized spacial score (nSPS) is 31.7. The number of aliphatic hydroxyl groups excluding tert-OH is 2. The van der Waals surface area contributed by atoms with E-state index in [1.165, 1.54) is 10.9 Å². The standard InChI is InChI=1S/C20H23F2N10O8P/c21-8-7(40-18(12(8)34)31-4-27-10-14(23)25-3-26-15(10)31)2-38-41(36,37)13-9(22)6(1-33)39-19(13)32-5-28-11-16(32)29-20(24)30-17(11)35/h3-9,12-13,18-19,33-34H,1-2H2,(H,36,37)(H2,23,25,26)(H3,24,29,30,35)/t6-,7-,8+,9-,12-,13-,18-,19-/m1/s1. The number of halogens is 2. The molecule has 0 aromatic carbocycles. The Morgan fingerprint density at radius 2 is 1.71 bits per heavy atom. The van der Waals surface area contributed by atoms with Crippen LogP contribution in [0, 0.1) is 0 Å². The number of aliphatic hydroxyl groups is 2. The second-order valence-electron chi connectivity index (χ2n) is 9.40. The van der Waals surface area contributed by atoms with Crippen molar-refractivity contribution in [1.82, 2.24) is 39.0 Å². The van der Waals surface area contributed by atoms with E-state index in [4.69, 9.17) is 25.5 Å². The zero-order chi connectivity index (χ0) is 29.2. The van der Waals surface area contributed by atoms with E-state index >= 15 is 8.78 Å². The summed E-state index contributed by atoms with van der Waals surface area (Å²) in [6, 6.07) is 0. The molecule has 2 aliphatic rings. The van der Waals surface area contributed by atoms with Crippen LogP contribution < -0.4 is 17.0 Å². The third-order valence-electron chi connectivity index (χ3n) is 6.94. The second kappa shape index (κ2) is 10.0. The van der Waals surface area contributed by atoms with Crippen molar-refractivity contribution in [2.75, 3.05) is 24.7 Å². The van der Waals surface area contributed by atoms with E-state index in [0.29, 0.717) is 0 Å². The summed E-state index contributed by atoms with van der Waals surface area (Å²) in [6.45, 7) is -1.75. The minimum Gasteiger partial charge on any atom is -0.394 e. The maximum atomic E-state index is 15.4. The summed E-state index contributed by atoms with van der Waals surface area (Å²) in [6.07, 6.45) is -8.87. The molecule has 6 rings (SSSR count). The number of anilines is 2. The van der Waals surface area contributed by atoms with Crippen molar-refractivity contribution < 1.29 is 42.4 Å². The lowest BCUT2D eigenvalue weighted by molar-refractivity contribution is -0.0482. The summed E-state index contributed by atoms with van der Waals surface area (Å²) in [5.74, 6) is -0.263. The molecular formula is C20H23F2N10O8P. The van der Waals surface area contributed by atoms with Gasteiger partial charge in [-0.1, -0.05) is 0 Å². The van der Waals surface area contributed by atoms with Gasteiger partial charge in [-0.15, -0.1) is 0 Å². The van der Waals surface area contributed by atoms with Crippen LogP contribution in [0.1, 0.15) is 12.5 Å². The summed E-state index contributed by atoms with van der Waals surface area (Å²) in [5, 5.41) is 20.1. The number of nitrogens with one attached hydrogen (secondary N) is 1. The fourth-order valence-corrected chi connectivity index (χ4v) is 6.57. The molecule has 9 atom stereocenters. The third kappa shape index (κ3) is 4.43. The molecule has 4 aromatic heterocycles. The molecule has 6 heterocycles. The number of nitrogen functional groups attached to an aromatic ring is 2. The summed E-state index contributed by atoms with van der Waals surface area (Å²) in [7, 11) is -5.06. The van der Waals surface area contributed by atoms with Gasteiger partial charge in [-0.25, -0.2) is 28.7 Å². The van der Waals surface area contributed by atoms with Gasteiger partial charge in [0.1, 0.15) is 42.0 Å². The summed E-state index contributed by atoms with van der Waals surface area (Å²) in [5.41, 5.74) is 8.60. The molecule has 4 aromatic rings. The molecule has 0 spiro atoms. The molecule has 18 nitrogen and oxygen atoms in total. The van der Waals surface area contributed by atoms with E-state index in [0.717, 1.165) is 17.2 Å². The monoisotopic (exact) mass is 600 g/mol. The first-order chi connectivity index (χ1) is 19.5. The quantitative estimate of drug-likeness (QED) is 0.132. The van der Waals surface area contributed by atoms with Gasteiger partial charge in [0.05, 0.1) is 25.9 Å². The number of nitrogens with zero attached hydrogens (tertiary/aromatic N) is 7. The van der Waals surface area contributed by atoms with Crippen LogP contribution in [0.25, 0.3) is 22.3 Å². The van der Waals surface area contributed by atoms with Crippen LogP contribution in [0.2, 0.25) is 0 Å². The lowest BCUT2D eigenvalue weighted by Crippen LogP contribution is -2.33. The lowest BCUT2D eigenvalue weighted by Gasteiger charge is -2.26. The largest absolute Gasteiger partial charge is 0.394 e. The lowest BCUT2D eigenvalue weighted by atomic mass is 10.1. The van der Waals surface area contributed by atoms with Gasteiger partial charge in [0.25, 0.3) is 5.56 Å². The molecule has 2 aliphatic heterocycles. The average Bonchev–Trinajstić information content (AvgIpc) is 3.68. The van der Waals surface area contributed by atoms with Crippen LogP contribution in [0.3, 0.4) is 0 Å². The zero-order valence-corrected chi connectivity index (χ0v) is 21.5. The first-order valence-corrected chi connectivity index (χ1v) is 13.7. The fourth-order valence-electron chi connectivity index (χ4n) is 4.95. The molecule has 41 heavy (non-hydrogen) atoms. The van der Waals surface area contributed by atoms with Gasteiger partial charge in [0.15, 0.2) is 41.3 Å². The highest BCUT2D eigenvalue weighted by Gasteiger charge is 2.57. The maximum absolute atomic E-state index is 15.4. The predicted molar refractivity (Wildman–Crippen MR) is 133 cm³/mol. The van der Waals surface area contributed by atoms with Crippen LogP contribution in [0.5, 0.6) is 0 Å². The summed E-state index contributed by atoms with van der Waals surface area (Å²) in [4.78, 5) is 45.0. The molecular weight excluding hydrogens is 577 g/mol. The Morgan fingerprint density at radius 3 is 2.44 bits per heavy atom. The smallest absolute Gasteiger partial charge is 0.338 e. The molecule has 0 aliphatic carbocycles. The number of imidazole rings is 2. The highest BCUT2D eigenvalue weighted by Crippen LogP contribution is 2.58. The van der Waals surface area contributed by atoms with Gasteiger partial charge in [-0.2, -0.15) is 4.98 Å². The van der Waals surface area contributed by atoms with Gasteiger partial charge in [-0.3, -0.25) is 23.5 Å². The number of aromatic amines is 1. The molecule has 1 unspecified atom stereocenters. The first kappa shape index (κ1) is 27.5. The highest BCUT2D eigenvalue weighted by molar-refractivity contribution is 7.53. The van der Waals surface area contributed by atoms with E-state index in [-0.39, 0.29) is 34.1 Å². The Bertz CT molecular complexity index is 1720. The van der Waals surface area contributed by atoms with Crippen molar-refractivity contribution in [3.05, 3.63) is 29.3 Å². The Hall–Kier alpha value is -3.65. The topological polar surface area (TPSA) is 265 Å². The van der Waals surface area contributed by atoms with Crippen LogP contribution in [0.15, 0.2) is 23.8 Å². The molecule has 220 valence electrons. The van der Waals surface area contributed by atoms with Crippen LogP contribution >= 0.6 is 7.60 Å². The number of hydrogen-bond acceptors (Lipinski definition) is 14.